The molecular weight excluding hydrogens is 244 g/mol. The second-order valence-corrected chi connectivity index (χ2v) is 8.06. The summed E-state index contributed by atoms with van der Waals surface area (Å²) in [6, 6.07) is 7.39. The van der Waals surface area contributed by atoms with Gasteiger partial charge >= 0.3 is 0 Å². The van der Waals surface area contributed by atoms with Crippen LogP contribution in [0.4, 0.5) is 0 Å². The number of hydrogen-bond donors (Lipinski definition) is 0. The third kappa shape index (κ3) is 4.81. The van der Waals surface area contributed by atoms with Crippen molar-refractivity contribution in [2.75, 3.05) is 5.75 Å². The van der Waals surface area contributed by atoms with Gasteiger partial charge in [-0.25, -0.2) is 8.42 Å². The molecule has 0 unspecified atom stereocenters. The molecular formula is C15H24O2S. The van der Waals surface area contributed by atoms with Gasteiger partial charge < -0.3 is 0 Å². The monoisotopic (exact) mass is 268 g/mol. The number of benzene rings is 1. The molecule has 0 bridgehead atoms. The summed E-state index contributed by atoms with van der Waals surface area (Å²) in [4.78, 5) is 0.464. The fourth-order valence-electron chi connectivity index (χ4n) is 1.93. The molecule has 0 heterocycles. The van der Waals surface area contributed by atoms with Gasteiger partial charge in [0.2, 0.25) is 0 Å². The van der Waals surface area contributed by atoms with Crippen LogP contribution in [0.5, 0.6) is 0 Å². The van der Waals surface area contributed by atoms with Crippen LogP contribution in [0.25, 0.3) is 0 Å². The lowest BCUT2D eigenvalue weighted by molar-refractivity contribution is 0.461. The Morgan fingerprint density at radius 3 is 2.39 bits per heavy atom. The zero-order valence-corrected chi connectivity index (χ0v) is 12.7. The predicted octanol–water partition coefficient (Wildman–Crippen LogP) is 3.85. The third-order valence-electron chi connectivity index (χ3n) is 2.70. The van der Waals surface area contributed by atoms with E-state index in [1.165, 1.54) is 0 Å². The molecule has 0 aromatic heterocycles. The maximum Gasteiger partial charge on any atom is 0.178 e. The van der Waals surface area contributed by atoms with Crippen molar-refractivity contribution in [2.45, 2.75) is 51.9 Å². The summed E-state index contributed by atoms with van der Waals surface area (Å²) >= 11 is 0. The van der Waals surface area contributed by atoms with E-state index in [9.17, 15) is 8.42 Å². The Morgan fingerprint density at radius 1 is 1.17 bits per heavy atom. The molecule has 0 aliphatic rings. The Morgan fingerprint density at radius 2 is 1.83 bits per heavy atom. The number of unbranched alkanes of at least 4 members (excludes halogenated alkanes) is 1. The molecule has 102 valence electrons. The van der Waals surface area contributed by atoms with E-state index in [0.29, 0.717) is 4.90 Å². The summed E-state index contributed by atoms with van der Waals surface area (Å²) in [6.45, 7) is 7.99. The molecule has 0 N–H and O–H groups in total. The number of rotatable bonds is 5. The molecule has 0 saturated heterocycles. The van der Waals surface area contributed by atoms with Crippen LogP contribution in [0.3, 0.4) is 0 Å². The molecule has 1 rings (SSSR count). The summed E-state index contributed by atoms with van der Waals surface area (Å²) in [6.07, 6.45) is 3.18. The molecule has 2 nitrogen and oxygen atoms in total. The van der Waals surface area contributed by atoms with Crippen molar-refractivity contribution < 1.29 is 8.42 Å². The zero-order valence-electron chi connectivity index (χ0n) is 11.9. The smallest absolute Gasteiger partial charge is 0.178 e. The summed E-state index contributed by atoms with van der Waals surface area (Å²) in [5, 5.41) is 0. The molecule has 3 heteroatoms. The number of hydrogen-bond acceptors (Lipinski definition) is 2. The Labute approximate surface area is 111 Å². The van der Waals surface area contributed by atoms with Crippen LogP contribution in [0.1, 0.15) is 46.1 Å². The quantitative estimate of drug-likeness (QED) is 0.813. The highest BCUT2D eigenvalue weighted by molar-refractivity contribution is 7.91. The molecule has 0 atom stereocenters. The van der Waals surface area contributed by atoms with Crippen molar-refractivity contribution in [3.8, 4) is 0 Å². The first-order valence-corrected chi connectivity index (χ1v) is 8.21. The summed E-state index contributed by atoms with van der Waals surface area (Å²) in [5.41, 5.74) is 0.907. The highest BCUT2D eigenvalue weighted by Gasteiger charge is 2.23. The minimum Gasteiger partial charge on any atom is -0.224 e. The second-order valence-electron chi connectivity index (χ2n) is 6.07. The van der Waals surface area contributed by atoms with E-state index in [-0.39, 0.29) is 11.2 Å². The van der Waals surface area contributed by atoms with Crippen molar-refractivity contribution in [3.05, 3.63) is 29.8 Å². The average Bonchev–Trinajstić information content (AvgIpc) is 2.23. The molecule has 0 aliphatic carbocycles. The van der Waals surface area contributed by atoms with Gasteiger partial charge in [0, 0.05) is 0 Å². The van der Waals surface area contributed by atoms with E-state index in [1.807, 2.05) is 39.0 Å². The molecule has 0 aliphatic heterocycles. The van der Waals surface area contributed by atoms with Crippen LogP contribution < -0.4 is 0 Å². The Bertz CT molecular complexity index is 481. The minimum absolute atomic E-state index is 0.192. The van der Waals surface area contributed by atoms with Gasteiger partial charge in [0.1, 0.15) is 0 Å². The van der Waals surface area contributed by atoms with E-state index < -0.39 is 9.84 Å². The lowest BCUT2D eigenvalue weighted by Crippen LogP contribution is -2.20. The van der Waals surface area contributed by atoms with Crippen molar-refractivity contribution >= 4 is 9.84 Å². The summed E-state index contributed by atoms with van der Waals surface area (Å²) in [7, 11) is -3.17. The van der Waals surface area contributed by atoms with E-state index in [1.54, 1.807) is 6.07 Å². The van der Waals surface area contributed by atoms with E-state index in [0.717, 1.165) is 24.8 Å². The first kappa shape index (κ1) is 15.2. The van der Waals surface area contributed by atoms with Crippen molar-refractivity contribution in [2.24, 2.45) is 5.41 Å². The highest BCUT2D eigenvalue weighted by atomic mass is 32.2. The summed E-state index contributed by atoms with van der Waals surface area (Å²) in [5.74, 6) is 0.192. The molecule has 1 aromatic rings. The van der Waals surface area contributed by atoms with Gasteiger partial charge in [0.15, 0.2) is 9.84 Å². The van der Waals surface area contributed by atoms with Gasteiger partial charge in [-0.2, -0.15) is 0 Å². The van der Waals surface area contributed by atoms with Crippen molar-refractivity contribution in [1.29, 1.82) is 0 Å². The zero-order chi connectivity index (χ0) is 13.8. The standard InChI is InChI=1S/C15H24O2S/c1-5-6-8-13-9-7-10-14(11-13)18(16,17)12-15(2,3)4/h7,9-11H,5-6,8,12H2,1-4H3. The van der Waals surface area contributed by atoms with Gasteiger partial charge in [-0.3, -0.25) is 0 Å². The lowest BCUT2D eigenvalue weighted by Gasteiger charge is -2.18. The van der Waals surface area contributed by atoms with Gasteiger partial charge in [0.25, 0.3) is 0 Å². The van der Waals surface area contributed by atoms with Crippen LogP contribution in [-0.4, -0.2) is 14.2 Å². The normalized spacial score (nSPS) is 12.7. The fourth-order valence-corrected chi connectivity index (χ4v) is 3.85. The maximum absolute atomic E-state index is 12.3. The minimum atomic E-state index is -3.17. The number of aryl methyl sites for hydroxylation is 1. The topological polar surface area (TPSA) is 34.1 Å². The number of sulfone groups is 1. The van der Waals surface area contributed by atoms with E-state index in [4.69, 9.17) is 0 Å². The highest BCUT2D eigenvalue weighted by Crippen LogP contribution is 2.22. The Balaban J connectivity index is 2.95. The van der Waals surface area contributed by atoms with Crippen LogP contribution in [0.2, 0.25) is 0 Å². The molecule has 0 radical (unpaired) electrons. The van der Waals surface area contributed by atoms with Crippen LogP contribution in [0, 0.1) is 5.41 Å². The molecule has 18 heavy (non-hydrogen) atoms. The SMILES string of the molecule is CCCCc1cccc(S(=O)(=O)CC(C)(C)C)c1. The molecule has 0 saturated carbocycles. The van der Waals surface area contributed by atoms with Crippen molar-refractivity contribution in [1.82, 2.24) is 0 Å². The van der Waals surface area contributed by atoms with Gasteiger partial charge in [-0.15, -0.1) is 0 Å². The van der Waals surface area contributed by atoms with Crippen LogP contribution >= 0.6 is 0 Å². The van der Waals surface area contributed by atoms with Gasteiger partial charge in [-0.1, -0.05) is 46.2 Å². The molecule has 1 aromatic carbocycles. The molecule has 0 fully saturated rings. The first-order chi connectivity index (χ1) is 8.24. The predicted molar refractivity (Wildman–Crippen MR) is 76.6 cm³/mol. The third-order valence-corrected chi connectivity index (χ3v) is 4.92. The molecule has 0 amide bonds. The summed E-state index contributed by atoms with van der Waals surface area (Å²) < 4.78 is 24.5. The lowest BCUT2D eigenvalue weighted by atomic mass is 10.0. The first-order valence-electron chi connectivity index (χ1n) is 6.56. The van der Waals surface area contributed by atoms with Crippen LogP contribution in [0.15, 0.2) is 29.2 Å². The average molecular weight is 268 g/mol. The van der Waals surface area contributed by atoms with E-state index >= 15 is 0 Å². The van der Waals surface area contributed by atoms with Gasteiger partial charge in [-0.05, 0) is 36.0 Å². The Kier molecular flexibility index (Phi) is 4.97. The molecule has 0 spiro atoms. The maximum atomic E-state index is 12.3. The van der Waals surface area contributed by atoms with Gasteiger partial charge in [0.05, 0.1) is 10.6 Å². The Hall–Kier alpha value is -0.830. The second kappa shape index (κ2) is 5.87. The fraction of sp³-hybridized carbons (Fsp3) is 0.600. The van der Waals surface area contributed by atoms with Crippen molar-refractivity contribution in [3.63, 3.8) is 0 Å². The van der Waals surface area contributed by atoms with E-state index in [2.05, 4.69) is 6.92 Å². The largest absolute Gasteiger partial charge is 0.224 e. The van der Waals surface area contributed by atoms with Crippen LogP contribution in [-0.2, 0) is 16.3 Å².